The van der Waals surface area contributed by atoms with Gasteiger partial charge in [0, 0.05) is 18.3 Å². The molecule has 2 amide bonds. The summed E-state index contributed by atoms with van der Waals surface area (Å²) in [7, 11) is 1.78. The Morgan fingerprint density at radius 3 is 2.41 bits per heavy atom. The van der Waals surface area contributed by atoms with Crippen molar-refractivity contribution in [1.29, 1.82) is 0 Å². The van der Waals surface area contributed by atoms with E-state index in [1.54, 1.807) is 42.9 Å². The number of rotatable bonds is 6. The molecular weight excluding hydrogens is 464 g/mol. The second-order valence-corrected chi connectivity index (χ2v) is 9.51. The van der Waals surface area contributed by atoms with Gasteiger partial charge in [-0.15, -0.1) is 0 Å². The van der Waals surface area contributed by atoms with Crippen LogP contribution in [-0.4, -0.2) is 21.2 Å². The van der Waals surface area contributed by atoms with Gasteiger partial charge < -0.3 is 10.6 Å². The molecule has 0 radical (unpaired) electrons. The fourth-order valence-corrected chi connectivity index (χ4v) is 4.92. The monoisotopic (exact) mass is 494 g/mol. The van der Waals surface area contributed by atoms with Crippen molar-refractivity contribution in [2.75, 3.05) is 10.6 Å². The number of hydrogen-bond donors (Lipinski definition) is 2. The molecule has 3 aromatic carbocycles. The average molecular weight is 495 g/mol. The number of aryl methyl sites for hydroxylation is 2. The lowest BCUT2D eigenvalue weighted by molar-refractivity contribution is -0.115. The average Bonchev–Trinajstić information content (AvgIpc) is 3.12. The van der Waals surface area contributed by atoms with E-state index in [-0.39, 0.29) is 23.6 Å². The molecule has 5 rings (SSSR count). The van der Waals surface area contributed by atoms with Gasteiger partial charge in [-0.05, 0) is 79.6 Å². The molecule has 0 bridgehead atoms. The predicted octanol–water partition coefficient (Wildman–Crippen LogP) is 4.80. The number of fused-ring (bicyclic) bond motifs is 1. The second-order valence-electron chi connectivity index (χ2n) is 9.51. The minimum Gasteiger partial charge on any atom is -0.326 e. The number of carbonyl (C=O) groups is 2. The number of anilines is 2. The number of para-hydroxylation sites is 1. The van der Waals surface area contributed by atoms with E-state index in [1.807, 2.05) is 36.4 Å². The van der Waals surface area contributed by atoms with Crippen LogP contribution < -0.4 is 16.2 Å². The third-order valence-corrected chi connectivity index (χ3v) is 6.98. The third kappa shape index (κ3) is 5.11. The fourth-order valence-electron chi connectivity index (χ4n) is 4.92. The third-order valence-electron chi connectivity index (χ3n) is 6.98. The van der Waals surface area contributed by atoms with Crippen molar-refractivity contribution in [3.8, 4) is 5.69 Å². The summed E-state index contributed by atoms with van der Waals surface area (Å²) in [6.07, 6.45) is 4.87. The minimum absolute atomic E-state index is 0.141. The highest BCUT2D eigenvalue weighted by atomic mass is 16.2. The minimum atomic E-state index is -0.420. The van der Waals surface area contributed by atoms with E-state index in [4.69, 9.17) is 0 Å². The predicted molar refractivity (Wildman–Crippen MR) is 146 cm³/mol. The summed E-state index contributed by atoms with van der Waals surface area (Å²) in [6, 6.07) is 22.3. The maximum absolute atomic E-state index is 13.1. The molecule has 188 valence electrons. The Morgan fingerprint density at radius 2 is 1.62 bits per heavy atom. The SMILES string of the molecule is Cc1c(NC(=O)c2cccc(NC(=O)Cc3ccc4c(c3)CCCC4)c2)c(=O)n(-c2ccccc2)n1C. The Kier molecular flexibility index (Phi) is 6.77. The summed E-state index contributed by atoms with van der Waals surface area (Å²) in [5.74, 6) is -0.560. The number of aromatic nitrogens is 2. The maximum atomic E-state index is 13.1. The highest BCUT2D eigenvalue weighted by Gasteiger charge is 2.19. The molecule has 0 saturated carbocycles. The standard InChI is InChI=1S/C30H30N4O3/c1-20-28(30(37)34(33(20)2)26-13-4-3-5-14-26)32-29(36)24-11-8-12-25(19-24)31-27(35)18-21-15-16-22-9-6-7-10-23(22)17-21/h3-5,8,11-17,19H,6-7,9-10,18H2,1-2H3,(H,31,35)(H,32,36). The number of benzene rings is 3. The number of carbonyl (C=O) groups excluding carboxylic acids is 2. The largest absolute Gasteiger partial charge is 0.326 e. The Balaban J connectivity index is 1.29. The van der Waals surface area contributed by atoms with Crippen molar-refractivity contribution < 1.29 is 9.59 Å². The number of nitrogens with zero attached hydrogens (tertiary/aromatic N) is 2. The molecule has 1 aliphatic carbocycles. The Bertz CT molecular complexity index is 1530. The van der Waals surface area contributed by atoms with Gasteiger partial charge in [-0.3, -0.25) is 19.1 Å². The van der Waals surface area contributed by atoms with E-state index < -0.39 is 5.91 Å². The lowest BCUT2D eigenvalue weighted by Crippen LogP contribution is -2.23. The van der Waals surface area contributed by atoms with Crippen molar-refractivity contribution >= 4 is 23.2 Å². The van der Waals surface area contributed by atoms with Gasteiger partial charge in [-0.2, -0.15) is 0 Å². The normalized spacial score (nSPS) is 12.6. The summed E-state index contributed by atoms with van der Waals surface area (Å²) in [5.41, 5.74) is 5.85. The van der Waals surface area contributed by atoms with Gasteiger partial charge in [0.15, 0.2) is 0 Å². The molecule has 1 aromatic heterocycles. The fraction of sp³-hybridized carbons (Fsp3) is 0.233. The van der Waals surface area contributed by atoms with Crippen LogP contribution in [0.15, 0.2) is 77.6 Å². The molecule has 0 aliphatic heterocycles. The van der Waals surface area contributed by atoms with E-state index in [0.717, 1.165) is 18.4 Å². The van der Waals surface area contributed by atoms with Crippen LogP contribution in [0.3, 0.4) is 0 Å². The first-order valence-electron chi connectivity index (χ1n) is 12.6. The number of nitrogens with one attached hydrogen (secondary N) is 2. The zero-order valence-corrected chi connectivity index (χ0v) is 21.1. The highest BCUT2D eigenvalue weighted by Crippen LogP contribution is 2.23. The van der Waals surface area contributed by atoms with E-state index in [9.17, 15) is 14.4 Å². The summed E-state index contributed by atoms with van der Waals surface area (Å²) in [4.78, 5) is 38.9. The van der Waals surface area contributed by atoms with Gasteiger partial charge in [-0.1, -0.05) is 42.5 Å². The molecule has 0 spiro atoms. The van der Waals surface area contributed by atoms with Crippen LogP contribution in [0.4, 0.5) is 11.4 Å². The van der Waals surface area contributed by atoms with E-state index in [1.165, 1.54) is 28.7 Å². The van der Waals surface area contributed by atoms with Gasteiger partial charge in [0.2, 0.25) is 5.91 Å². The molecule has 0 fully saturated rings. The van der Waals surface area contributed by atoms with Crippen molar-refractivity contribution in [1.82, 2.24) is 9.36 Å². The molecule has 4 aromatic rings. The zero-order chi connectivity index (χ0) is 25.9. The Labute approximate surface area is 215 Å². The van der Waals surface area contributed by atoms with Crippen LogP contribution in [0.5, 0.6) is 0 Å². The van der Waals surface area contributed by atoms with Crippen LogP contribution >= 0.6 is 0 Å². The van der Waals surface area contributed by atoms with Crippen LogP contribution in [0.25, 0.3) is 5.69 Å². The van der Waals surface area contributed by atoms with Crippen molar-refractivity contribution in [3.63, 3.8) is 0 Å². The molecule has 0 saturated heterocycles. The molecule has 0 atom stereocenters. The van der Waals surface area contributed by atoms with Crippen molar-refractivity contribution in [2.45, 2.75) is 39.0 Å². The van der Waals surface area contributed by atoms with Crippen LogP contribution in [0.1, 0.15) is 45.6 Å². The first-order chi connectivity index (χ1) is 17.9. The second kappa shape index (κ2) is 10.3. The lowest BCUT2D eigenvalue weighted by Gasteiger charge is -2.16. The smallest absolute Gasteiger partial charge is 0.295 e. The summed E-state index contributed by atoms with van der Waals surface area (Å²) in [5, 5.41) is 5.67. The Morgan fingerprint density at radius 1 is 0.865 bits per heavy atom. The Hall–Kier alpha value is -4.39. The van der Waals surface area contributed by atoms with Gasteiger partial charge in [-0.25, -0.2) is 4.68 Å². The molecular formula is C30H30N4O3. The molecule has 0 unspecified atom stereocenters. The molecule has 1 heterocycles. The molecule has 37 heavy (non-hydrogen) atoms. The summed E-state index contributed by atoms with van der Waals surface area (Å²) in [6.45, 7) is 1.79. The van der Waals surface area contributed by atoms with E-state index in [2.05, 4.69) is 22.8 Å². The molecule has 1 aliphatic rings. The first kappa shape index (κ1) is 24.3. The first-order valence-corrected chi connectivity index (χ1v) is 12.6. The van der Waals surface area contributed by atoms with E-state index >= 15 is 0 Å². The van der Waals surface area contributed by atoms with Crippen molar-refractivity contribution in [3.05, 3.63) is 111 Å². The van der Waals surface area contributed by atoms with Gasteiger partial charge in [0.05, 0.1) is 17.8 Å². The van der Waals surface area contributed by atoms with Crippen LogP contribution in [0.2, 0.25) is 0 Å². The quantitative estimate of drug-likeness (QED) is 0.404. The van der Waals surface area contributed by atoms with Crippen molar-refractivity contribution in [2.24, 2.45) is 7.05 Å². The lowest BCUT2D eigenvalue weighted by atomic mass is 9.90. The summed E-state index contributed by atoms with van der Waals surface area (Å²) >= 11 is 0. The van der Waals surface area contributed by atoms with E-state index in [0.29, 0.717) is 22.6 Å². The molecule has 2 N–H and O–H groups in total. The van der Waals surface area contributed by atoms with Crippen LogP contribution in [0, 0.1) is 6.92 Å². The highest BCUT2D eigenvalue weighted by molar-refractivity contribution is 6.05. The molecule has 7 heteroatoms. The van der Waals surface area contributed by atoms with Gasteiger partial charge in [0.25, 0.3) is 11.5 Å². The summed E-state index contributed by atoms with van der Waals surface area (Å²) < 4.78 is 3.23. The topological polar surface area (TPSA) is 85.1 Å². The van der Waals surface area contributed by atoms with Crippen LogP contribution in [-0.2, 0) is 31.1 Å². The number of amides is 2. The number of hydrogen-bond acceptors (Lipinski definition) is 3. The van der Waals surface area contributed by atoms with Gasteiger partial charge >= 0.3 is 0 Å². The maximum Gasteiger partial charge on any atom is 0.295 e. The zero-order valence-electron chi connectivity index (χ0n) is 21.1. The molecule has 7 nitrogen and oxygen atoms in total. The van der Waals surface area contributed by atoms with Gasteiger partial charge in [0.1, 0.15) is 5.69 Å².